The molecule has 0 aliphatic carbocycles. The number of rotatable bonds is 6. The van der Waals surface area contributed by atoms with Gasteiger partial charge in [-0.05, 0) is 24.5 Å². The van der Waals surface area contributed by atoms with Crippen LogP contribution < -0.4 is 4.74 Å². The van der Waals surface area contributed by atoms with Gasteiger partial charge in [-0.25, -0.2) is 0 Å². The second kappa shape index (κ2) is 6.34. The summed E-state index contributed by atoms with van der Waals surface area (Å²) < 4.78 is 10.5. The summed E-state index contributed by atoms with van der Waals surface area (Å²) >= 11 is 0. The van der Waals surface area contributed by atoms with Gasteiger partial charge in [-0.3, -0.25) is 10.1 Å². The molecule has 0 aliphatic heterocycles. The summed E-state index contributed by atoms with van der Waals surface area (Å²) in [6.07, 6.45) is 0.716. The Morgan fingerprint density at radius 1 is 1.43 bits per heavy atom. The van der Waals surface area contributed by atoms with Gasteiger partial charge in [0.25, 0.3) is 5.89 Å². The molecule has 0 saturated heterocycles. The van der Waals surface area contributed by atoms with Gasteiger partial charge in [-0.1, -0.05) is 25.1 Å². The van der Waals surface area contributed by atoms with E-state index in [-0.39, 0.29) is 18.0 Å². The number of hydrogen-bond donors (Lipinski definition) is 0. The molecule has 7 heteroatoms. The summed E-state index contributed by atoms with van der Waals surface area (Å²) in [5.74, 6) is 1.53. The van der Waals surface area contributed by atoms with Crippen LogP contribution in [0.5, 0.6) is 5.75 Å². The lowest BCUT2D eigenvalue weighted by Crippen LogP contribution is -2.01. The van der Waals surface area contributed by atoms with Crippen molar-refractivity contribution >= 4 is 5.69 Å². The average Bonchev–Trinajstić information content (AvgIpc) is 2.83. The molecular weight excluding hydrogens is 274 g/mol. The molecular formula is C14H17N3O4. The van der Waals surface area contributed by atoms with E-state index in [2.05, 4.69) is 24.0 Å². The molecule has 1 aromatic heterocycles. The first-order chi connectivity index (χ1) is 9.95. The van der Waals surface area contributed by atoms with Gasteiger partial charge >= 0.3 is 5.69 Å². The maximum Gasteiger partial charge on any atom is 0.311 e. The van der Waals surface area contributed by atoms with Gasteiger partial charge in [0.05, 0.1) is 4.92 Å². The summed E-state index contributed by atoms with van der Waals surface area (Å²) in [5.41, 5.74) is 0.725. The Hall–Kier alpha value is -2.44. The van der Waals surface area contributed by atoms with Crippen molar-refractivity contribution in [2.24, 2.45) is 5.92 Å². The number of hydrogen-bond acceptors (Lipinski definition) is 6. The molecule has 0 fully saturated rings. The Balaban J connectivity index is 2.06. The van der Waals surface area contributed by atoms with Crippen molar-refractivity contribution in [2.75, 3.05) is 0 Å². The summed E-state index contributed by atoms with van der Waals surface area (Å²) in [5, 5.41) is 14.8. The quantitative estimate of drug-likeness (QED) is 0.600. The van der Waals surface area contributed by atoms with Gasteiger partial charge in [-0.15, -0.1) is 0 Å². The highest BCUT2D eigenvalue weighted by Gasteiger charge is 2.16. The Labute approximate surface area is 122 Å². The van der Waals surface area contributed by atoms with Crippen LogP contribution in [0.2, 0.25) is 0 Å². The average molecular weight is 291 g/mol. The zero-order valence-electron chi connectivity index (χ0n) is 12.2. The van der Waals surface area contributed by atoms with Gasteiger partial charge in [-0.2, -0.15) is 4.98 Å². The lowest BCUT2D eigenvalue weighted by atomic mass is 10.1. The van der Waals surface area contributed by atoms with Gasteiger partial charge in [0.2, 0.25) is 0 Å². The fourth-order valence-corrected chi connectivity index (χ4v) is 1.83. The molecule has 0 N–H and O–H groups in total. The van der Waals surface area contributed by atoms with Crippen LogP contribution in [0.15, 0.2) is 22.7 Å². The molecule has 1 aromatic carbocycles. The molecule has 0 unspecified atom stereocenters. The van der Waals surface area contributed by atoms with E-state index in [4.69, 9.17) is 9.26 Å². The highest BCUT2D eigenvalue weighted by molar-refractivity contribution is 5.48. The second-order valence-electron chi connectivity index (χ2n) is 5.22. The minimum absolute atomic E-state index is 0.00892. The Bertz CT molecular complexity index is 637. The van der Waals surface area contributed by atoms with Gasteiger partial charge in [0.15, 0.2) is 18.2 Å². The minimum atomic E-state index is -0.472. The second-order valence-corrected chi connectivity index (χ2v) is 5.22. The third-order valence-corrected chi connectivity index (χ3v) is 2.76. The van der Waals surface area contributed by atoms with Gasteiger partial charge in [0.1, 0.15) is 0 Å². The number of nitrogens with zero attached hydrogens (tertiary/aromatic N) is 3. The Kier molecular flexibility index (Phi) is 4.52. The third-order valence-electron chi connectivity index (χ3n) is 2.76. The van der Waals surface area contributed by atoms with E-state index in [0.717, 1.165) is 5.56 Å². The molecule has 0 amide bonds. The number of benzene rings is 1. The number of aryl methyl sites for hydroxylation is 1. The maximum atomic E-state index is 11.0. The van der Waals surface area contributed by atoms with Crippen LogP contribution in [-0.4, -0.2) is 15.1 Å². The van der Waals surface area contributed by atoms with Crippen molar-refractivity contribution in [1.29, 1.82) is 0 Å². The van der Waals surface area contributed by atoms with E-state index >= 15 is 0 Å². The molecule has 2 aromatic rings. The lowest BCUT2D eigenvalue weighted by molar-refractivity contribution is -0.386. The maximum absolute atomic E-state index is 11.0. The smallest absolute Gasteiger partial charge is 0.311 e. The van der Waals surface area contributed by atoms with E-state index in [1.807, 2.05) is 0 Å². The van der Waals surface area contributed by atoms with Crippen LogP contribution in [0, 0.1) is 23.0 Å². The molecule has 0 bridgehead atoms. The van der Waals surface area contributed by atoms with Crippen LogP contribution >= 0.6 is 0 Å². The largest absolute Gasteiger partial charge is 0.477 e. The van der Waals surface area contributed by atoms with Gasteiger partial charge < -0.3 is 9.26 Å². The van der Waals surface area contributed by atoms with Crippen LogP contribution in [0.3, 0.4) is 0 Å². The molecule has 7 nitrogen and oxygen atoms in total. The normalized spacial score (nSPS) is 10.9. The van der Waals surface area contributed by atoms with Crippen LogP contribution in [-0.2, 0) is 13.0 Å². The van der Waals surface area contributed by atoms with Crippen molar-refractivity contribution < 1.29 is 14.2 Å². The number of aromatic nitrogens is 2. The van der Waals surface area contributed by atoms with Crippen molar-refractivity contribution in [1.82, 2.24) is 10.1 Å². The van der Waals surface area contributed by atoms with Crippen molar-refractivity contribution in [3.63, 3.8) is 0 Å². The van der Waals surface area contributed by atoms with Gasteiger partial charge in [0, 0.05) is 12.5 Å². The van der Waals surface area contributed by atoms with E-state index in [1.165, 1.54) is 6.07 Å². The third kappa shape index (κ3) is 4.01. The molecule has 0 saturated carbocycles. The van der Waals surface area contributed by atoms with Crippen LogP contribution in [0.1, 0.15) is 31.1 Å². The van der Waals surface area contributed by atoms with E-state index in [0.29, 0.717) is 24.1 Å². The van der Waals surface area contributed by atoms with Crippen molar-refractivity contribution in [2.45, 2.75) is 33.8 Å². The fourth-order valence-electron chi connectivity index (χ4n) is 1.83. The molecule has 1 heterocycles. The molecule has 112 valence electrons. The van der Waals surface area contributed by atoms with E-state index in [1.54, 1.807) is 19.1 Å². The first kappa shape index (κ1) is 15.0. The standard InChI is InChI=1S/C14H17N3O4/c1-9(2)6-13-15-14(21-16-13)8-20-12-5-4-10(3)7-11(12)17(18)19/h4-5,7,9H,6,8H2,1-3H3. The molecule has 0 atom stereocenters. The molecule has 0 radical (unpaired) electrons. The monoisotopic (exact) mass is 291 g/mol. The Morgan fingerprint density at radius 2 is 2.19 bits per heavy atom. The van der Waals surface area contributed by atoms with Crippen molar-refractivity contribution in [3.8, 4) is 5.75 Å². The molecule has 2 rings (SSSR count). The predicted molar refractivity (Wildman–Crippen MR) is 75.0 cm³/mol. The topological polar surface area (TPSA) is 91.3 Å². The zero-order chi connectivity index (χ0) is 15.4. The number of nitro benzene ring substituents is 1. The minimum Gasteiger partial charge on any atom is -0.477 e. The van der Waals surface area contributed by atoms with E-state index < -0.39 is 4.92 Å². The number of ether oxygens (including phenoxy) is 1. The number of nitro groups is 1. The SMILES string of the molecule is Cc1ccc(OCc2nc(CC(C)C)no2)c([N+](=O)[O-])c1. The van der Waals surface area contributed by atoms with Crippen LogP contribution in [0.4, 0.5) is 5.69 Å². The van der Waals surface area contributed by atoms with Crippen molar-refractivity contribution in [3.05, 3.63) is 45.6 Å². The van der Waals surface area contributed by atoms with Crippen LogP contribution in [0.25, 0.3) is 0 Å². The highest BCUT2D eigenvalue weighted by Crippen LogP contribution is 2.28. The highest BCUT2D eigenvalue weighted by atomic mass is 16.6. The first-order valence-electron chi connectivity index (χ1n) is 6.65. The summed E-state index contributed by atoms with van der Waals surface area (Å²) in [6.45, 7) is 5.91. The lowest BCUT2D eigenvalue weighted by Gasteiger charge is -2.04. The first-order valence-corrected chi connectivity index (χ1v) is 6.65. The summed E-state index contributed by atoms with van der Waals surface area (Å²) in [7, 11) is 0. The fraction of sp³-hybridized carbons (Fsp3) is 0.429. The summed E-state index contributed by atoms with van der Waals surface area (Å²) in [4.78, 5) is 14.7. The summed E-state index contributed by atoms with van der Waals surface area (Å²) in [6, 6.07) is 4.78. The molecule has 0 aliphatic rings. The van der Waals surface area contributed by atoms with E-state index in [9.17, 15) is 10.1 Å². The molecule has 0 spiro atoms. The predicted octanol–water partition coefficient (Wildman–Crippen LogP) is 3.06. The Morgan fingerprint density at radius 3 is 2.86 bits per heavy atom. The molecule has 21 heavy (non-hydrogen) atoms. The zero-order valence-corrected chi connectivity index (χ0v) is 12.2.